The average molecular weight is 303 g/mol. The van der Waals surface area contributed by atoms with Gasteiger partial charge in [-0.3, -0.25) is 9.59 Å². The summed E-state index contributed by atoms with van der Waals surface area (Å²) in [7, 11) is 0. The van der Waals surface area contributed by atoms with E-state index in [0.717, 1.165) is 5.56 Å². The Morgan fingerprint density at radius 2 is 1.64 bits per heavy atom. The summed E-state index contributed by atoms with van der Waals surface area (Å²) < 4.78 is 0. The van der Waals surface area contributed by atoms with Crippen LogP contribution in [0.5, 0.6) is 0 Å². The Kier molecular flexibility index (Phi) is 6.07. The zero-order valence-electron chi connectivity index (χ0n) is 14.9. The van der Waals surface area contributed by atoms with Crippen molar-refractivity contribution in [3.8, 4) is 0 Å². The zero-order chi connectivity index (χ0) is 17.1. The number of carbonyl (C=O) groups is 2. The molecule has 1 rings (SSSR count). The van der Waals surface area contributed by atoms with Gasteiger partial charge in [0.15, 0.2) is 11.6 Å². The molecule has 0 radical (unpaired) electrons. The van der Waals surface area contributed by atoms with Gasteiger partial charge in [-0.2, -0.15) is 0 Å². The van der Waals surface area contributed by atoms with E-state index in [1.165, 1.54) is 0 Å². The van der Waals surface area contributed by atoms with E-state index >= 15 is 0 Å². The van der Waals surface area contributed by atoms with Gasteiger partial charge in [0, 0.05) is 35.0 Å². The maximum Gasteiger partial charge on any atom is 0.168 e. The van der Waals surface area contributed by atoms with E-state index in [1.807, 2.05) is 46.8 Å². The zero-order valence-corrected chi connectivity index (χ0v) is 14.9. The highest BCUT2D eigenvalue weighted by molar-refractivity contribution is 6.11. The van der Waals surface area contributed by atoms with E-state index in [0.29, 0.717) is 23.7 Å². The number of carbonyl (C=O) groups excluding carboxylic acids is 2. The number of hydrogen-bond acceptors (Lipinski definition) is 3. The molecule has 0 amide bonds. The van der Waals surface area contributed by atoms with Crippen molar-refractivity contribution in [1.82, 2.24) is 5.32 Å². The summed E-state index contributed by atoms with van der Waals surface area (Å²) in [5, 5.41) is 3.34. The van der Waals surface area contributed by atoms with Crippen LogP contribution >= 0.6 is 0 Å². The lowest BCUT2D eigenvalue weighted by atomic mass is 9.82. The topological polar surface area (TPSA) is 46.2 Å². The summed E-state index contributed by atoms with van der Waals surface area (Å²) in [6, 6.07) is 5.99. The second-order valence-electron chi connectivity index (χ2n) is 7.51. The van der Waals surface area contributed by atoms with Crippen LogP contribution in [0.15, 0.2) is 18.2 Å². The molecule has 1 aromatic carbocycles. The Morgan fingerprint density at radius 1 is 1.05 bits per heavy atom. The van der Waals surface area contributed by atoms with Gasteiger partial charge in [-0.05, 0) is 11.6 Å². The fraction of sp³-hybridized carbons (Fsp3) is 0.579. The molecule has 0 heterocycles. The largest absolute Gasteiger partial charge is 0.310 e. The molecular formula is C19H29NO2. The quantitative estimate of drug-likeness (QED) is 0.799. The van der Waals surface area contributed by atoms with Gasteiger partial charge in [0.25, 0.3) is 0 Å². The number of nitrogens with one attached hydrogen (secondary N) is 1. The molecule has 0 bridgehead atoms. The fourth-order valence-electron chi connectivity index (χ4n) is 2.14. The van der Waals surface area contributed by atoms with Crippen molar-refractivity contribution in [2.75, 3.05) is 0 Å². The number of rotatable bonds is 6. The Hall–Kier alpha value is -1.48. The molecule has 122 valence electrons. The molecule has 0 atom stereocenters. The molecule has 3 nitrogen and oxygen atoms in total. The Morgan fingerprint density at radius 3 is 2.09 bits per heavy atom. The molecule has 0 aliphatic carbocycles. The maximum atomic E-state index is 12.7. The molecule has 0 fully saturated rings. The van der Waals surface area contributed by atoms with Gasteiger partial charge in [-0.25, -0.2) is 0 Å². The predicted octanol–water partition coefficient (Wildman–Crippen LogP) is 4.25. The third-order valence-corrected chi connectivity index (χ3v) is 3.51. The molecule has 0 saturated heterocycles. The first-order chi connectivity index (χ1) is 10.0. The lowest BCUT2D eigenvalue weighted by Crippen LogP contribution is -2.25. The molecule has 22 heavy (non-hydrogen) atoms. The van der Waals surface area contributed by atoms with Gasteiger partial charge < -0.3 is 5.32 Å². The summed E-state index contributed by atoms with van der Waals surface area (Å²) in [6.07, 6.45) is 0. The third-order valence-electron chi connectivity index (χ3n) is 3.51. The van der Waals surface area contributed by atoms with Crippen LogP contribution in [0.1, 0.15) is 74.7 Å². The lowest BCUT2D eigenvalue weighted by Gasteiger charge is -2.20. The van der Waals surface area contributed by atoms with Crippen molar-refractivity contribution in [3.05, 3.63) is 34.9 Å². The van der Waals surface area contributed by atoms with E-state index in [9.17, 15) is 9.59 Å². The molecule has 1 aromatic rings. The van der Waals surface area contributed by atoms with Crippen LogP contribution in [0, 0.1) is 11.3 Å². The van der Waals surface area contributed by atoms with Gasteiger partial charge in [-0.1, -0.05) is 60.6 Å². The maximum absolute atomic E-state index is 12.7. The molecule has 0 aromatic heterocycles. The molecule has 0 spiro atoms. The Bertz CT molecular complexity index is 551. The SMILES string of the molecule is CC(C)NCc1ccc(C(=O)C(C)C)c(C(=O)C(C)(C)C)c1. The first-order valence-electron chi connectivity index (χ1n) is 7.99. The highest BCUT2D eigenvalue weighted by Gasteiger charge is 2.28. The van der Waals surface area contributed by atoms with Gasteiger partial charge in [0.05, 0.1) is 0 Å². The van der Waals surface area contributed by atoms with Crippen LogP contribution < -0.4 is 5.32 Å². The van der Waals surface area contributed by atoms with E-state index in [-0.39, 0.29) is 17.5 Å². The minimum Gasteiger partial charge on any atom is -0.310 e. The number of ketones is 2. The van der Waals surface area contributed by atoms with Crippen LogP contribution in [0.2, 0.25) is 0 Å². The van der Waals surface area contributed by atoms with Gasteiger partial charge >= 0.3 is 0 Å². The van der Waals surface area contributed by atoms with Gasteiger partial charge in [0.2, 0.25) is 0 Å². The fourth-order valence-corrected chi connectivity index (χ4v) is 2.14. The summed E-state index contributed by atoms with van der Waals surface area (Å²) in [6.45, 7) is 14.2. The molecule has 0 unspecified atom stereocenters. The molecule has 1 N–H and O–H groups in total. The van der Waals surface area contributed by atoms with Crippen molar-refractivity contribution in [1.29, 1.82) is 0 Å². The van der Waals surface area contributed by atoms with Crippen LogP contribution in [-0.4, -0.2) is 17.6 Å². The number of Topliss-reactive ketones (excluding diaryl/α,β-unsaturated/α-hetero) is 2. The van der Waals surface area contributed by atoms with Crippen molar-refractivity contribution < 1.29 is 9.59 Å². The summed E-state index contributed by atoms with van der Waals surface area (Å²) in [5.41, 5.74) is 1.62. The smallest absolute Gasteiger partial charge is 0.168 e. The molecule has 0 saturated carbocycles. The Balaban J connectivity index is 3.28. The summed E-state index contributed by atoms with van der Waals surface area (Å²) in [4.78, 5) is 25.1. The van der Waals surface area contributed by atoms with Crippen molar-refractivity contribution >= 4 is 11.6 Å². The third kappa shape index (κ3) is 4.77. The highest BCUT2D eigenvalue weighted by Crippen LogP contribution is 2.26. The van der Waals surface area contributed by atoms with Crippen LogP contribution in [0.25, 0.3) is 0 Å². The van der Waals surface area contributed by atoms with Crippen LogP contribution in [0.4, 0.5) is 0 Å². The normalized spacial score (nSPS) is 12.0. The minimum atomic E-state index is -0.504. The number of hydrogen-bond donors (Lipinski definition) is 1. The van der Waals surface area contributed by atoms with E-state index < -0.39 is 5.41 Å². The average Bonchev–Trinajstić information content (AvgIpc) is 2.42. The van der Waals surface area contributed by atoms with Gasteiger partial charge in [0.1, 0.15) is 0 Å². The van der Waals surface area contributed by atoms with Crippen molar-refractivity contribution in [2.45, 2.75) is 61.1 Å². The van der Waals surface area contributed by atoms with Crippen LogP contribution in [-0.2, 0) is 6.54 Å². The summed E-state index contributed by atoms with van der Waals surface area (Å²) in [5.74, 6) is -0.0787. The first-order valence-corrected chi connectivity index (χ1v) is 7.99. The van der Waals surface area contributed by atoms with E-state index in [2.05, 4.69) is 19.2 Å². The van der Waals surface area contributed by atoms with E-state index in [1.54, 1.807) is 6.07 Å². The van der Waals surface area contributed by atoms with Gasteiger partial charge in [-0.15, -0.1) is 0 Å². The predicted molar refractivity (Wildman–Crippen MR) is 91.4 cm³/mol. The van der Waals surface area contributed by atoms with E-state index in [4.69, 9.17) is 0 Å². The summed E-state index contributed by atoms with van der Waals surface area (Å²) >= 11 is 0. The lowest BCUT2D eigenvalue weighted by molar-refractivity contribution is 0.0845. The molecule has 0 aliphatic heterocycles. The standard InChI is InChI=1S/C19H29NO2/c1-12(2)17(21)15-9-8-14(11-20-13(3)4)10-16(15)18(22)19(5,6)7/h8-10,12-13,20H,11H2,1-7H3. The monoisotopic (exact) mass is 303 g/mol. The molecular weight excluding hydrogens is 274 g/mol. The molecule has 3 heteroatoms. The number of benzene rings is 1. The molecule has 0 aliphatic rings. The second-order valence-corrected chi connectivity index (χ2v) is 7.51. The van der Waals surface area contributed by atoms with Crippen molar-refractivity contribution in [3.63, 3.8) is 0 Å². The first kappa shape index (κ1) is 18.6. The minimum absolute atomic E-state index is 0.0166. The van der Waals surface area contributed by atoms with Crippen molar-refractivity contribution in [2.24, 2.45) is 11.3 Å². The highest BCUT2D eigenvalue weighted by atomic mass is 16.1. The van der Waals surface area contributed by atoms with Crippen LogP contribution in [0.3, 0.4) is 0 Å². The second kappa shape index (κ2) is 7.19. The Labute approximate surface area is 134 Å².